The summed E-state index contributed by atoms with van der Waals surface area (Å²) in [5.74, 6) is 1.82. The van der Waals surface area contributed by atoms with E-state index in [0.717, 1.165) is 63.5 Å². The topological polar surface area (TPSA) is 70.5 Å². The van der Waals surface area contributed by atoms with Gasteiger partial charge in [-0.25, -0.2) is 9.97 Å². The van der Waals surface area contributed by atoms with E-state index in [0.29, 0.717) is 12.1 Å². The molecule has 0 saturated carbocycles. The highest BCUT2D eigenvalue weighted by Gasteiger charge is 2.27. The number of rotatable bonds is 5. The largest absolute Gasteiger partial charge is 0.393 e. The van der Waals surface area contributed by atoms with Crippen molar-refractivity contribution >= 4 is 11.6 Å². The molecule has 0 aromatic carbocycles. The Morgan fingerprint density at radius 1 is 1.41 bits per heavy atom. The normalized spacial score (nSPS) is 26.9. The second kappa shape index (κ2) is 7.24. The molecule has 2 aliphatic heterocycles. The summed E-state index contributed by atoms with van der Waals surface area (Å²) in [5, 5.41) is 13.1. The van der Waals surface area contributed by atoms with Crippen LogP contribution in [0.25, 0.3) is 0 Å². The maximum Gasteiger partial charge on any atom is 0.134 e. The molecule has 3 unspecified atom stereocenters. The Morgan fingerprint density at radius 2 is 2.32 bits per heavy atom. The van der Waals surface area contributed by atoms with E-state index in [1.165, 1.54) is 0 Å². The van der Waals surface area contributed by atoms with E-state index in [9.17, 15) is 5.11 Å². The second-order valence-corrected chi connectivity index (χ2v) is 6.39. The zero-order valence-electron chi connectivity index (χ0n) is 13.2. The molecule has 2 N–H and O–H groups in total. The van der Waals surface area contributed by atoms with Crippen LogP contribution in [0.4, 0.5) is 11.6 Å². The zero-order valence-corrected chi connectivity index (χ0v) is 13.2. The molecule has 3 heterocycles. The van der Waals surface area contributed by atoms with Crippen LogP contribution in [0.5, 0.6) is 0 Å². The van der Waals surface area contributed by atoms with E-state index in [-0.39, 0.29) is 6.10 Å². The molecule has 122 valence electrons. The van der Waals surface area contributed by atoms with Crippen molar-refractivity contribution in [2.75, 3.05) is 30.0 Å². The van der Waals surface area contributed by atoms with Crippen molar-refractivity contribution < 1.29 is 9.84 Å². The monoisotopic (exact) mass is 306 g/mol. The van der Waals surface area contributed by atoms with Crippen molar-refractivity contribution in [1.29, 1.82) is 0 Å². The van der Waals surface area contributed by atoms with Gasteiger partial charge in [-0.1, -0.05) is 0 Å². The molecule has 2 fully saturated rings. The van der Waals surface area contributed by atoms with Gasteiger partial charge in [-0.2, -0.15) is 0 Å². The van der Waals surface area contributed by atoms with Gasteiger partial charge in [0.2, 0.25) is 0 Å². The summed E-state index contributed by atoms with van der Waals surface area (Å²) in [6.45, 7) is 4.46. The lowest BCUT2D eigenvalue weighted by Crippen LogP contribution is -2.33. The number of hydrogen-bond donors (Lipinski definition) is 2. The number of anilines is 2. The molecule has 0 spiro atoms. The third-order valence-electron chi connectivity index (χ3n) is 4.45. The van der Waals surface area contributed by atoms with Crippen LogP contribution in [-0.4, -0.2) is 53.0 Å². The van der Waals surface area contributed by atoms with Crippen LogP contribution in [0.2, 0.25) is 0 Å². The van der Waals surface area contributed by atoms with Crippen molar-refractivity contribution in [1.82, 2.24) is 9.97 Å². The molecule has 2 saturated heterocycles. The van der Waals surface area contributed by atoms with Crippen LogP contribution in [-0.2, 0) is 4.74 Å². The van der Waals surface area contributed by atoms with Crippen LogP contribution >= 0.6 is 0 Å². The Kier molecular flexibility index (Phi) is 5.10. The Bertz CT molecular complexity index is 477. The Balaban J connectivity index is 1.67. The van der Waals surface area contributed by atoms with Crippen molar-refractivity contribution in [2.45, 2.75) is 57.2 Å². The molecule has 6 nitrogen and oxygen atoms in total. The Hall–Kier alpha value is -1.40. The van der Waals surface area contributed by atoms with Crippen LogP contribution in [0.3, 0.4) is 0 Å². The number of nitrogens with zero attached hydrogens (tertiary/aromatic N) is 3. The van der Waals surface area contributed by atoms with Crippen molar-refractivity contribution in [2.24, 2.45) is 0 Å². The van der Waals surface area contributed by atoms with E-state index in [4.69, 9.17) is 4.74 Å². The van der Waals surface area contributed by atoms with Crippen LogP contribution in [0.15, 0.2) is 12.4 Å². The fourth-order valence-electron chi connectivity index (χ4n) is 3.42. The lowest BCUT2D eigenvalue weighted by atomic mass is 10.1. The van der Waals surface area contributed by atoms with E-state index in [1.807, 2.05) is 13.0 Å². The third kappa shape index (κ3) is 3.87. The minimum Gasteiger partial charge on any atom is -0.393 e. The predicted octanol–water partition coefficient (Wildman–Crippen LogP) is 1.81. The summed E-state index contributed by atoms with van der Waals surface area (Å²) in [4.78, 5) is 11.1. The first-order valence-electron chi connectivity index (χ1n) is 8.33. The number of nitrogens with one attached hydrogen (secondary N) is 1. The van der Waals surface area contributed by atoms with Gasteiger partial charge < -0.3 is 20.1 Å². The molecule has 0 bridgehead atoms. The van der Waals surface area contributed by atoms with Gasteiger partial charge in [0.25, 0.3) is 0 Å². The van der Waals surface area contributed by atoms with Gasteiger partial charge in [0.1, 0.15) is 18.0 Å². The molecular formula is C16H26N4O2. The predicted molar refractivity (Wildman–Crippen MR) is 86.2 cm³/mol. The van der Waals surface area contributed by atoms with E-state index in [2.05, 4.69) is 20.2 Å². The molecular weight excluding hydrogens is 280 g/mol. The van der Waals surface area contributed by atoms with Gasteiger partial charge in [-0.05, 0) is 39.0 Å². The summed E-state index contributed by atoms with van der Waals surface area (Å²) in [5.41, 5.74) is 0. The quantitative estimate of drug-likeness (QED) is 0.864. The molecule has 6 heteroatoms. The molecule has 3 atom stereocenters. The van der Waals surface area contributed by atoms with Gasteiger partial charge in [0.05, 0.1) is 18.8 Å². The van der Waals surface area contributed by atoms with Gasteiger partial charge in [-0.3, -0.25) is 0 Å². The second-order valence-electron chi connectivity index (χ2n) is 6.39. The fraction of sp³-hybridized carbons (Fsp3) is 0.750. The summed E-state index contributed by atoms with van der Waals surface area (Å²) in [6.07, 6.45) is 6.63. The van der Waals surface area contributed by atoms with E-state index < -0.39 is 0 Å². The van der Waals surface area contributed by atoms with E-state index >= 15 is 0 Å². The maximum atomic E-state index is 9.66. The number of hydrogen-bond acceptors (Lipinski definition) is 6. The van der Waals surface area contributed by atoms with Crippen LogP contribution in [0.1, 0.15) is 39.0 Å². The molecule has 3 rings (SSSR count). The highest BCUT2D eigenvalue weighted by Crippen LogP contribution is 2.27. The number of aliphatic hydroxyl groups excluding tert-OH is 1. The van der Waals surface area contributed by atoms with Crippen LogP contribution in [0, 0.1) is 0 Å². The number of aliphatic hydroxyl groups is 1. The van der Waals surface area contributed by atoms with Crippen molar-refractivity contribution in [3.63, 3.8) is 0 Å². The minimum absolute atomic E-state index is 0.274. The highest BCUT2D eigenvalue weighted by atomic mass is 16.5. The summed E-state index contributed by atoms with van der Waals surface area (Å²) < 4.78 is 5.50. The van der Waals surface area contributed by atoms with Crippen LogP contribution < -0.4 is 10.2 Å². The average molecular weight is 306 g/mol. The summed E-state index contributed by atoms with van der Waals surface area (Å²) in [7, 11) is 0. The minimum atomic E-state index is -0.274. The molecule has 1 aromatic rings. The number of aromatic nitrogens is 2. The standard InChI is InChI=1S/C16H26N4O2/c1-12(21)8-14-5-2-6-20(14)16-9-15(17-11-18-16)19-13-4-3-7-22-10-13/h9,11-14,21H,2-8,10H2,1H3,(H,17,18,19). The molecule has 2 aliphatic rings. The Labute approximate surface area is 131 Å². The maximum absolute atomic E-state index is 9.66. The summed E-state index contributed by atoms with van der Waals surface area (Å²) >= 11 is 0. The average Bonchev–Trinajstić information content (AvgIpc) is 2.96. The zero-order chi connectivity index (χ0) is 15.4. The van der Waals surface area contributed by atoms with Gasteiger partial charge in [-0.15, -0.1) is 0 Å². The van der Waals surface area contributed by atoms with Crippen molar-refractivity contribution in [3.05, 3.63) is 12.4 Å². The third-order valence-corrected chi connectivity index (χ3v) is 4.45. The molecule has 1 aromatic heterocycles. The van der Waals surface area contributed by atoms with Gasteiger partial charge in [0.15, 0.2) is 0 Å². The van der Waals surface area contributed by atoms with E-state index in [1.54, 1.807) is 6.33 Å². The smallest absolute Gasteiger partial charge is 0.134 e. The first kappa shape index (κ1) is 15.5. The van der Waals surface area contributed by atoms with Gasteiger partial charge >= 0.3 is 0 Å². The fourth-order valence-corrected chi connectivity index (χ4v) is 3.42. The van der Waals surface area contributed by atoms with Gasteiger partial charge in [0, 0.05) is 25.3 Å². The Morgan fingerprint density at radius 3 is 3.09 bits per heavy atom. The lowest BCUT2D eigenvalue weighted by Gasteiger charge is -2.27. The summed E-state index contributed by atoms with van der Waals surface area (Å²) in [6, 6.07) is 2.73. The lowest BCUT2D eigenvalue weighted by molar-refractivity contribution is 0.0875. The molecule has 0 amide bonds. The first-order valence-corrected chi connectivity index (χ1v) is 8.33. The molecule has 22 heavy (non-hydrogen) atoms. The highest BCUT2D eigenvalue weighted by molar-refractivity contribution is 5.50. The molecule has 0 radical (unpaired) electrons. The SMILES string of the molecule is CC(O)CC1CCCN1c1cc(NC2CCCOC2)ncn1. The van der Waals surface area contributed by atoms with Crippen molar-refractivity contribution in [3.8, 4) is 0 Å². The number of ether oxygens (including phenoxy) is 1. The first-order chi connectivity index (χ1) is 10.7. The molecule has 0 aliphatic carbocycles.